The van der Waals surface area contributed by atoms with E-state index in [4.69, 9.17) is 0 Å². The van der Waals surface area contributed by atoms with Crippen LogP contribution in [0.25, 0.3) is 10.9 Å². The van der Waals surface area contributed by atoms with Gasteiger partial charge < -0.3 is 10.1 Å². The highest BCUT2D eigenvalue weighted by Crippen LogP contribution is 2.34. The predicted molar refractivity (Wildman–Crippen MR) is 87.9 cm³/mol. The molecule has 0 saturated heterocycles. The van der Waals surface area contributed by atoms with Crippen LogP contribution in [-0.4, -0.2) is 10.1 Å². The zero-order valence-electron chi connectivity index (χ0n) is 12.9. The molecule has 0 radical (unpaired) electrons. The molecule has 3 rings (SSSR count). The number of nitrogens with zero attached hydrogens (tertiary/aromatic N) is 1. The fourth-order valence-corrected chi connectivity index (χ4v) is 2.87. The molecule has 0 aliphatic rings. The Morgan fingerprint density at radius 1 is 1.05 bits per heavy atom. The third-order valence-corrected chi connectivity index (χ3v) is 4.55. The smallest absolute Gasteiger partial charge is 0.115 e. The highest BCUT2D eigenvalue weighted by Gasteiger charge is 2.29. The molecule has 0 bridgehead atoms. The molecule has 2 N–H and O–H groups in total. The molecule has 3 heteroatoms. The van der Waals surface area contributed by atoms with Crippen molar-refractivity contribution < 1.29 is 5.11 Å². The summed E-state index contributed by atoms with van der Waals surface area (Å²) in [6, 6.07) is 15.4. The summed E-state index contributed by atoms with van der Waals surface area (Å²) >= 11 is 0. The second-order valence-corrected chi connectivity index (χ2v) is 5.92. The number of phenolic OH excluding ortho intramolecular Hbond substituents is 1. The number of rotatable bonds is 2. The quantitative estimate of drug-likeness (QED) is 0.738. The normalized spacial score (nSPS) is 13.7. The van der Waals surface area contributed by atoms with Crippen molar-refractivity contribution in [1.82, 2.24) is 4.98 Å². The summed E-state index contributed by atoms with van der Waals surface area (Å²) in [6.45, 7) is 6.05. The molecule has 1 aromatic heterocycles. The first-order chi connectivity index (χ1) is 10.5. The molecule has 3 aromatic rings. The van der Waals surface area contributed by atoms with Crippen molar-refractivity contribution >= 4 is 10.9 Å². The van der Waals surface area contributed by atoms with Crippen molar-refractivity contribution in [1.29, 1.82) is 5.26 Å². The Labute approximate surface area is 129 Å². The largest absolute Gasteiger partial charge is 0.508 e. The number of aryl methyl sites for hydroxylation is 2. The van der Waals surface area contributed by atoms with Gasteiger partial charge in [-0.05, 0) is 55.7 Å². The highest BCUT2D eigenvalue weighted by atomic mass is 16.3. The third-order valence-electron chi connectivity index (χ3n) is 4.55. The topological polar surface area (TPSA) is 59.8 Å². The standard InChI is InChI=1S/C19H18N2O/c1-12-13(2)21-18-10-15(6-9-17(12)18)19(3,11-20)14-4-7-16(22)8-5-14/h4-10,21-22H,1-3H3. The fraction of sp³-hybridized carbons (Fsp3) is 0.211. The van der Waals surface area contributed by atoms with Crippen molar-refractivity contribution in [2.45, 2.75) is 26.2 Å². The van der Waals surface area contributed by atoms with E-state index in [0.717, 1.165) is 22.3 Å². The maximum absolute atomic E-state index is 9.77. The van der Waals surface area contributed by atoms with Crippen LogP contribution in [0.15, 0.2) is 42.5 Å². The van der Waals surface area contributed by atoms with Gasteiger partial charge in [-0.25, -0.2) is 0 Å². The van der Waals surface area contributed by atoms with E-state index in [2.05, 4.69) is 31.0 Å². The van der Waals surface area contributed by atoms with Crippen molar-refractivity contribution in [2.24, 2.45) is 0 Å². The van der Waals surface area contributed by atoms with Gasteiger partial charge in [-0.1, -0.05) is 24.3 Å². The van der Waals surface area contributed by atoms with E-state index in [1.165, 1.54) is 10.9 Å². The van der Waals surface area contributed by atoms with Gasteiger partial charge in [0.05, 0.1) is 6.07 Å². The average Bonchev–Trinajstić information content (AvgIpc) is 2.81. The van der Waals surface area contributed by atoms with Gasteiger partial charge in [0.1, 0.15) is 11.2 Å². The van der Waals surface area contributed by atoms with Gasteiger partial charge in [0.15, 0.2) is 0 Å². The van der Waals surface area contributed by atoms with Gasteiger partial charge >= 0.3 is 0 Å². The summed E-state index contributed by atoms with van der Waals surface area (Å²) < 4.78 is 0. The zero-order chi connectivity index (χ0) is 15.9. The molecule has 0 fully saturated rings. The first kappa shape index (κ1) is 14.2. The molecule has 110 valence electrons. The van der Waals surface area contributed by atoms with Crippen LogP contribution in [0.5, 0.6) is 5.75 Å². The van der Waals surface area contributed by atoms with Crippen LogP contribution in [0, 0.1) is 25.2 Å². The van der Waals surface area contributed by atoms with E-state index in [-0.39, 0.29) is 5.75 Å². The minimum Gasteiger partial charge on any atom is -0.508 e. The Balaban J connectivity index is 2.18. The number of nitrogens with one attached hydrogen (secondary N) is 1. The average molecular weight is 290 g/mol. The molecule has 1 atom stereocenters. The van der Waals surface area contributed by atoms with Gasteiger partial charge in [-0.15, -0.1) is 0 Å². The molecule has 1 unspecified atom stereocenters. The predicted octanol–water partition coefficient (Wildman–Crippen LogP) is 4.32. The summed E-state index contributed by atoms with van der Waals surface area (Å²) in [6.07, 6.45) is 0. The van der Waals surface area contributed by atoms with Crippen LogP contribution in [0.4, 0.5) is 0 Å². The summed E-state index contributed by atoms with van der Waals surface area (Å²) in [4.78, 5) is 3.37. The summed E-state index contributed by atoms with van der Waals surface area (Å²) in [7, 11) is 0. The van der Waals surface area contributed by atoms with E-state index >= 15 is 0 Å². The Morgan fingerprint density at radius 2 is 1.68 bits per heavy atom. The number of H-pyrrole nitrogens is 1. The monoisotopic (exact) mass is 290 g/mol. The lowest BCUT2D eigenvalue weighted by molar-refractivity contribution is 0.475. The Kier molecular flexibility index (Phi) is 3.18. The number of aromatic amines is 1. The van der Waals surface area contributed by atoms with Crippen molar-refractivity contribution in [2.75, 3.05) is 0 Å². The summed E-state index contributed by atoms with van der Waals surface area (Å²) in [5.41, 5.74) is 4.49. The zero-order valence-corrected chi connectivity index (χ0v) is 12.9. The molecular formula is C19H18N2O. The molecular weight excluding hydrogens is 272 g/mol. The number of aromatic hydroxyl groups is 1. The first-order valence-electron chi connectivity index (χ1n) is 7.26. The molecule has 1 heterocycles. The highest BCUT2D eigenvalue weighted by molar-refractivity contribution is 5.85. The number of phenols is 1. The van der Waals surface area contributed by atoms with E-state index in [9.17, 15) is 10.4 Å². The van der Waals surface area contributed by atoms with E-state index in [1.54, 1.807) is 24.3 Å². The lowest BCUT2D eigenvalue weighted by atomic mass is 9.77. The molecule has 0 saturated carbocycles. The van der Waals surface area contributed by atoms with Gasteiger partial charge in [-0.2, -0.15) is 5.26 Å². The van der Waals surface area contributed by atoms with Crippen LogP contribution in [0.2, 0.25) is 0 Å². The SMILES string of the molecule is Cc1[nH]c2cc(C(C)(C#N)c3ccc(O)cc3)ccc2c1C. The fourth-order valence-electron chi connectivity index (χ4n) is 2.87. The second kappa shape index (κ2) is 4.92. The van der Waals surface area contributed by atoms with Gasteiger partial charge in [0.25, 0.3) is 0 Å². The molecule has 22 heavy (non-hydrogen) atoms. The van der Waals surface area contributed by atoms with Crippen LogP contribution in [-0.2, 0) is 5.41 Å². The van der Waals surface area contributed by atoms with Crippen LogP contribution < -0.4 is 0 Å². The van der Waals surface area contributed by atoms with Crippen molar-refractivity contribution in [3.8, 4) is 11.8 Å². The molecule has 0 aliphatic heterocycles. The van der Waals surface area contributed by atoms with Gasteiger partial charge in [-0.3, -0.25) is 0 Å². The summed E-state index contributed by atoms with van der Waals surface area (Å²) in [5.74, 6) is 0.204. The molecule has 0 spiro atoms. The summed E-state index contributed by atoms with van der Waals surface area (Å²) in [5, 5.41) is 20.4. The second-order valence-electron chi connectivity index (χ2n) is 5.92. The minimum absolute atomic E-state index is 0.204. The third kappa shape index (κ3) is 2.05. The van der Waals surface area contributed by atoms with Crippen molar-refractivity contribution in [3.05, 3.63) is 64.8 Å². The Hall–Kier alpha value is -2.73. The van der Waals surface area contributed by atoms with E-state index in [0.29, 0.717) is 0 Å². The Bertz CT molecular complexity index is 884. The van der Waals surface area contributed by atoms with Crippen LogP contribution in [0.1, 0.15) is 29.3 Å². The Morgan fingerprint density at radius 3 is 2.32 bits per heavy atom. The van der Waals surface area contributed by atoms with Gasteiger partial charge in [0.2, 0.25) is 0 Å². The number of benzene rings is 2. The van der Waals surface area contributed by atoms with Crippen LogP contribution in [0.3, 0.4) is 0 Å². The molecule has 2 aromatic carbocycles. The number of hydrogen-bond donors (Lipinski definition) is 2. The van der Waals surface area contributed by atoms with Gasteiger partial charge in [0, 0.05) is 16.6 Å². The maximum Gasteiger partial charge on any atom is 0.115 e. The molecule has 0 aliphatic carbocycles. The van der Waals surface area contributed by atoms with Crippen LogP contribution >= 0.6 is 0 Å². The lowest BCUT2D eigenvalue weighted by Crippen LogP contribution is -2.21. The van der Waals surface area contributed by atoms with E-state index < -0.39 is 5.41 Å². The molecule has 3 nitrogen and oxygen atoms in total. The number of hydrogen-bond acceptors (Lipinski definition) is 2. The number of fused-ring (bicyclic) bond motifs is 1. The number of aromatic nitrogens is 1. The number of nitriles is 1. The van der Waals surface area contributed by atoms with Crippen molar-refractivity contribution in [3.63, 3.8) is 0 Å². The molecule has 0 amide bonds. The first-order valence-corrected chi connectivity index (χ1v) is 7.26. The maximum atomic E-state index is 9.77. The van der Waals surface area contributed by atoms with E-state index in [1.807, 2.05) is 19.1 Å². The lowest BCUT2D eigenvalue weighted by Gasteiger charge is -2.23. The minimum atomic E-state index is -0.755.